The van der Waals surface area contributed by atoms with E-state index in [0.717, 1.165) is 16.7 Å². The van der Waals surface area contributed by atoms with E-state index < -0.39 is 29.6 Å². The number of methoxy groups -OCH3 is 2. The van der Waals surface area contributed by atoms with Gasteiger partial charge in [0.25, 0.3) is 5.91 Å². The number of esters is 1. The molecule has 2 atom stereocenters. The zero-order chi connectivity index (χ0) is 49.4. The predicted octanol–water partition coefficient (Wildman–Crippen LogP) is 6.57. The maximum Gasteiger partial charge on any atom is 0.330 e. The quantitative estimate of drug-likeness (QED) is 0.0773. The molecule has 1 aliphatic rings. The van der Waals surface area contributed by atoms with E-state index in [-0.39, 0.29) is 45.2 Å². The Morgan fingerprint density at radius 2 is 1.73 bits per heavy atom. The molecule has 0 saturated carbocycles. The first-order valence-corrected chi connectivity index (χ1v) is 23.5. The van der Waals surface area contributed by atoms with E-state index in [1.54, 1.807) is 43.1 Å². The Morgan fingerprint density at radius 3 is 2.43 bits per heavy atom. The molecule has 7 heterocycles. The molecule has 360 valence electrons. The van der Waals surface area contributed by atoms with Gasteiger partial charge >= 0.3 is 11.7 Å². The van der Waals surface area contributed by atoms with Crippen molar-refractivity contribution in [1.29, 1.82) is 0 Å². The van der Waals surface area contributed by atoms with E-state index in [9.17, 15) is 19.2 Å². The lowest BCUT2D eigenvalue weighted by molar-refractivity contribution is -0.141. The summed E-state index contributed by atoms with van der Waals surface area (Å²) in [5, 5.41) is 20.5. The Balaban J connectivity index is 0.880. The highest BCUT2D eigenvalue weighted by atomic mass is 35.5. The summed E-state index contributed by atoms with van der Waals surface area (Å²) < 4.78 is 27.0. The van der Waals surface area contributed by atoms with E-state index >= 15 is 0 Å². The second kappa shape index (κ2) is 19.8. The number of hydrogen-bond donors (Lipinski definition) is 2. The summed E-state index contributed by atoms with van der Waals surface area (Å²) in [6.07, 6.45) is 3.21. The molecule has 2 N–H and O–H groups in total. The molecular formula is C49H48ClN11O8S. The normalized spacial score (nSPS) is 13.7. The van der Waals surface area contributed by atoms with E-state index in [2.05, 4.69) is 31.0 Å². The molecule has 19 nitrogen and oxygen atoms in total. The van der Waals surface area contributed by atoms with E-state index in [1.165, 1.54) is 23.0 Å². The Morgan fingerprint density at radius 1 is 0.957 bits per heavy atom. The molecule has 0 bridgehead atoms. The highest BCUT2D eigenvalue weighted by Gasteiger charge is 2.34. The number of halogens is 1. The maximum absolute atomic E-state index is 14.4. The van der Waals surface area contributed by atoms with Gasteiger partial charge in [-0.2, -0.15) is 0 Å². The molecule has 2 aromatic carbocycles. The van der Waals surface area contributed by atoms with Gasteiger partial charge in [-0.1, -0.05) is 35.0 Å². The van der Waals surface area contributed by atoms with Crippen molar-refractivity contribution in [2.75, 3.05) is 40.5 Å². The molecule has 0 aliphatic carbocycles. The second-order valence-electron chi connectivity index (χ2n) is 16.6. The first kappa shape index (κ1) is 47.5. The second-order valence-corrected chi connectivity index (χ2v) is 18.0. The van der Waals surface area contributed by atoms with E-state index in [1.807, 2.05) is 74.7 Å². The monoisotopic (exact) mass is 985 g/mol. The van der Waals surface area contributed by atoms with E-state index in [0.29, 0.717) is 88.2 Å². The van der Waals surface area contributed by atoms with Crippen LogP contribution in [0.4, 0.5) is 0 Å². The van der Waals surface area contributed by atoms with Crippen molar-refractivity contribution in [2.24, 2.45) is 4.99 Å². The summed E-state index contributed by atoms with van der Waals surface area (Å²) in [5.74, 6) is 1.00. The van der Waals surface area contributed by atoms with Gasteiger partial charge < -0.3 is 29.4 Å². The molecule has 2 amide bonds. The molecule has 0 unspecified atom stereocenters. The van der Waals surface area contributed by atoms with Crippen LogP contribution in [0.1, 0.15) is 80.6 Å². The molecule has 8 aromatic rings. The summed E-state index contributed by atoms with van der Waals surface area (Å²) in [6.45, 7) is 9.58. The fourth-order valence-corrected chi connectivity index (χ4v) is 10.2. The number of hydrogen-bond acceptors (Lipinski definition) is 15. The Hall–Kier alpha value is -7.55. The number of fused-ring (bicyclic) bond motifs is 6. The third-order valence-electron chi connectivity index (χ3n) is 12.2. The minimum atomic E-state index is -0.701. The molecule has 0 radical (unpaired) electrons. The lowest BCUT2D eigenvalue weighted by Crippen LogP contribution is -2.35. The Kier molecular flexibility index (Phi) is 13.5. The molecule has 21 heteroatoms. The van der Waals surface area contributed by atoms with Gasteiger partial charge in [-0.3, -0.25) is 43.0 Å². The van der Waals surface area contributed by atoms with Crippen molar-refractivity contribution < 1.29 is 33.1 Å². The van der Waals surface area contributed by atoms with Crippen LogP contribution in [0.3, 0.4) is 0 Å². The fraction of sp³-hybridized carbons (Fsp3) is 0.306. The van der Waals surface area contributed by atoms with Crippen molar-refractivity contribution in [2.45, 2.75) is 59.7 Å². The number of carbonyl (C=O) groups is 3. The number of aryl methyl sites for hydroxylation is 3. The number of nitrogens with zero attached hydrogens (tertiary/aromatic N) is 9. The number of thiophene rings is 1. The van der Waals surface area contributed by atoms with Crippen LogP contribution in [-0.4, -0.2) is 103 Å². The number of aromatic nitrogens is 8. The van der Waals surface area contributed by atoms with Crippen LogP contribution in [0.15, 0.2) is 81.3 Å². The standard InChI is InChI=1S/C49H48ClN11O8S/c1-25-41-43(30-11-13-31(50)14-12-30)55-36(22-40(63)67-7)46-57-56-29(5)61(46)48(41)70-45(25)47(64)53-17-19-68-18-16-52-39(62)24-59-37-23-54-35-20-33(42-26(2)58-69-28(42)4)38(66-6)21-32(35)44(37)60(49(59)65)27(3)34-10-8-9-15-51-34/h8-15,20-21,23,27,36H,16-19,22,24H2,1-7H3,(H,52,62)(H,53,64)/t27-,36+/m1/s1. The van der Waals surface area contributed by atoms with Crippen molar-refractivity contribution in [1.82, 2.24) is 49.7 Å². The molecular weight excluding hydrogens is 938 g/mol. The number of ether oxygens (including phenoxy) is 3. The first-order chi connectivity index (χ1) is 33.8. The number of carbonyl (C=O) groups excluding carboxylic acids is 3. The van der Waals surface area contributed by atoms with Gasteiger partial charge in [-0.15, -0.1) is 21.5 Å². The van der Waals surface area contributed by atoms with Gasteiger partial charge in [0, 0.05) is 46.4 Å². The van der Waals surface area contributed by atoms with Gasteiger partial charge in [-0.05, 0) is 76.6 Å². The number of amides is 2. The minimum Gasteiger partial charge on any atom is -0.496 e. The molecule has 0 fully saturated rings. The van der Waals surface area contributed by atoms with Crippen LogP contribution in [-0.2, 0) is 25.6 Å². The van der Waals surface area contributed by atoms with Gasteiger partial charge in [0.05, 0.1) is 90.2 Å². The number of rotatable bonds is 16. The van der Waals surface area contributed by atoms with Crippen molar-refractivity contribution >= 4 is 68.4 Å². The summed E-state index contributed by atoms with van der Waals surface area (Å²) in [7, 11) is 2.90. The van der Waals surface area contributed by atoms with Crippen LogP contribution in [0.2, 0.25) is 5.02 Å². The van der Waals surface area contributed by atoms with Crippen molar-refractivity contribution in [3.63, 3.8) is 0 Å². The molecule has 1 aliphatic heterocycles. The van der Waals surface area contributed by atoms with Crippen molar-refractivity contribution in [3.05, 3.63) is 133 Å². The van der Waals surface area contributed by atoms with Gasteiger partial charge in [0.2, 0.25) is 5.91 Å². The summed E-state index contributed by atoms with van der Waals surface area (Å²) in [6, 6.07) is 15.2. The number of aliphatic imine (C=N–C) groups is 1. The largest absolute Gasteiger partial charge is 0.496 e. The number of nitrogens with one attached hydrogen (secondary N) is 2. The molecule has 9 rings (SSSR count). The smallest absolute Gasteiger partial charge is 0.330 e. The zero-order valence-electron chi connectivity index (χ0n) is 39.3. The maximum atomic E-state index is 14.4. The predicted molar refractivity (Wildman–Crippen MR) is 262 cm³/mol. The molecule has 6 aromatic heterocycles. The third kappa shape index (κ3) is 8.84. The Bertz CT molecular complexity index is 3390. The summed E-state index contributed by atoms with van der Waals surface area (Å²) in [4.78, 5) is 69.1. The molecule has 0 saturated heterocycles. The number of imidazole rings is 1. The fourth-order valence-electron chi connectivity index (χ4n) is 8.83. The van der Waals surface area contributed by atoms with Gasteiger partial charge in [-0.25, -0.2) is 4.79 Å². The molecule has 0 spiro atoms. The lowest BCUT2D eigenvalue weighted by Gasteiger charge is -2.15. The first-order valence-electron chi connectivity index (χ1n) is 22.3. The highest BCUT2D eigenvalue weighted by molar-refractivity contribution is 7.17. The SMILES string of the molecule is COC(=O)C[C@@H]1N=C(c2ccc(Cl)cc2)c2c(sc(C(=O)NCCOCCNC(=O)Cn3c(=O)n([C@H](C)c4ccccn4)c4c5cc(OC)c(-c6c(C)noc6C)cc5ncc43)c2C)-n2c(C)nnc21. The van der Waals surface area contributed by atoms with Crippen LogP contribution in [0, 0.1) is 27.7 Å². The average Bonchev–Trinajstić information content (AvgIpc) is 4.07. The van der Waals surface area contributed by atoms with Crippen LogP contribution in [0.5, 0.6) is 5.75 Å². The average molecular weight is 987 g/mol. The summed E-state index contributed by atoms with van der Waals surface area (Å²) in [5.41, 5.74) is 6.84. The lowest BCUT2D eigenvalue weighted by atomic mass is 9.99. The van der Waals surface area contributed by atoms with Crippen LogP contribution < -0.4 is 21.1 Å². The van der Waals surface area contributed by atoms with Gasteiger partial charge in [0.15, 0.2) is 5.82 Å². The van der Waals surface area contributed by atoms with Crippen LogP contribution >= 0.6 is 22.9 Å². The minimum absolute atomic E-state index is 0.0615. The zero-order valence-corrected chi connectivity index (χ0v) is 40.9. The van der Waals surface area contributed by atoms with Gasteiger partial charge in [0.1, 0.15) is 34.9 Å². The summed E-state index contributed by atoms with van der Waals surface area (Å²) >= 11 is 7.52. The highest BCUT2D eigenvalue weighted by Crippen LogP contribution is 2.41. The topological polar surface area (TPSA) is 225 Å². The number of benzene rings is 2. The third-order valence-corrected chi connectivity index (χ3v) is 13.8. The van der Waals surface area contributed by atoms with Crippen LogP contribution in [0.25, 0.3) is 38.1 Å². The number of pyridine rings is 2. The molecule has 70 heavy (non-hydrogen) atoms. The Labute approximate surface area is 409 Å². The van der Waals surface area contributed by atoms with Crippen molar-refractivity contribution in [3.8, 4) is 21.9 Å². The van der Waals surface area contributed by atoms with E-state index in [4.69, 9.17) is 40.3 Å².